The van der Waals surface area contributed by atoms with Gasteiger partial charge in [-0.25, -0.2) is 5.43 Å². The van der Waals surface area contributed by atoms with Gasteiger partial charge in [0, 0.05) is 10.5 Å². The summed E-state index contributed by atoms with van der Waals surface area (Å²) < 4.78 is 0. The van der Waals surface area contributed by atoms with Crippen molar-refractivity contribution in [3.05, 3.63) is 77.9 Å². The summed E-state index contributed by atoms with van der Waals surface area (Å²) in [4.78, 5) is 13.5. The number of fused-ring (bicyclic) bond motifs is 1. The Hall–Kier alpha value is -2.59. The topological polar surface area (TPSA) is 41.5 Å². The fourth-order valence-corrected chi connectivity index (χ4v) is 2.75. The summed E-state index contributed by atoms with van der Waals surface area (Å²) in [6, 6.07) is 21.5. The van der Waals surface area contributed by atoms with Gasteiger partial charge in [-0.05, 0) is 40.8 Å². The highest BCUT2D eigenvalue weighted by atomic mass is 32.2. The summed E-state index contributed by atoms with van der Waals surface area (Å²) in [5.74, 6) is -0.209. The third kappa shape index (κ3) is 3.60. The number of carbonyl (C=O) groups excluding carboxylic acids is 1. The van der Waals surface area contributed by atoms with Gasteiger partial charge >= 0.3 is 0 Å². The van der Waals surface area contributed by atoms with Crippen LogP contribution in [0.3, 0.4) is 0 Å². The molecule has 3 rings (SSSR count). The predicted molar refractivity (Wildman–Crippen MR) is 97.2 cm³/mol. The molecule has 3 nitrogen and oxygen atoms in total. The van der Waals surface area contributed by atoms with Gasteiger partial charge in [0.2, 0.25) is 0 Å². The lowest BCUT2D eigenvalue weighted by Gasteiger charge is -2.04. The molecule has 0 radical (unpaired) electrons. The van der Waals surface area contributed by atoms with Crippen molar-refractivity contribution in [3.8, 4) is 0 Å². The van der Waals surface area contributed by atoms with Crippen molar-refractivity contribution in [2.75, 3.05) is 6.26 Å². The molecule has 3 aromatic carbocycles. The maximum absolute atomic E-state index is 12.3. The molecule has 0 unspecified atom stereocenters. The largest absolute Gasteiger partial charge is 0.271 e. The highest BCUT2D eigenvalue weighted by Crippen LogP contribution is 2.18. The molecule has 1 amide bonds. The fourth-order valence-electron chi connectivity index (χ4n) is 2.34. The Kier molecular flexibility index (Phi) is 4.74. The number of hydrogen-bond acceptors (Lipinski definition) is 3. The number of carbonyl (C=O) groups is 1. The number of rotatable bonds is 4. The summed E-state index contributed by atoms with van der Waals surface area (Å²) in [6.07, 6.45) is 3.68. The second-order valence-electron chi connectivity index (χ2n) is 5.00. The fraction of sp³-hybridized carbons (Fsp3) is 0.0526. The molecule has 0 bridgehead atoms. The van der Waals surface area contributed by atoms with Crippen molar-refractivity contribution >= 4 is 34.7 Å². The zero-order valence-corrected chi connectivity index (χ0v) is 13.5. The van der Waals surface area contributed by atoms with E-state index in [1.165, 1.54) is 4.90 Å². The SMILES string of the molecule is CSc1ccc(/C=N\NC(=O)c2cccc3ccccc23)cc1. The van der Waals surface area contributed by atoms with Crippen molar-refractivity contribution in [1.29, 1.82) is 0 Å². The minimum absolute atomic E-state index is 0.209. The molecular weight excluding hydrogens is 304 g/mol. The average Bonchev–Trinajstić information content (AvgIpc) is 2.61. The average molecular weight is 320 g/mol. The van der Waals surface area contributed by atoms with Crippen molar-refractivity contribution < 1.29 is 4.79 Å². The molecule has 0 saturated carbocycles. The molecule has 0 heterocycles. The number of hydrogen-bond donors (Lipinski definition) is 1. The summed E-state index contributed by atoms with van der Waals surface area (Å²) in [5.41, 5.74) is 4.16. The molecule has 4 heteroatoms. The van der Waals surface area contributed by atoms with Gasteiger partial charge in [-0.3, -0.25) is 4.79 Å². The first kappa shape index (κ1) is 15.3. The monoisotopic (exact) mass is 320 g/mol. The predicted octanol–water partition coefficient (Wildman–Crippen LogP) is 4.33. The molecule has 114 valence electrons. The molecule has 1 N–H and O–H groups in total. The van der Waals surface area contributed by atoms with Gasteiger partial charge in [0.25, 0.3) is 5.91 Å². The number of hydrazone groups is 1. The normalized spacial score (nSPS) is 11.0. The molecular formula is C19H16N2OS. The zero-order chi connectivity index (χ0) is 16.1. The van der Waals surface area contributed by atoms with Gasteiger partial charge in [-0.15, -0.1) is 11.8 Å². The van der Waals surface area contributed by atoms with Crippen molar-refractivity contribution in [2.45, 2.75) is 4.90 Å². The number of nitrogens with zero attached hydrogens (tertiary/aromatic N) is 1. The molecule has 0 spiro atoms. The van der Waals surface area contributed by atoms with E-state index in [1.54, 1.807) is 24.0 Å². The van der Waals surface area contributed by atoms with Crippen LogP contribution in [0.1, 0.15) is 15.9 Å². The summed E-state index contributed by atoms with van der Waals surface area (Å²) in [6.45, 7) is 0. The van der Waals surface area contributed by atoms with Gasteiger partial charge in [0.1, 0.15) is 0 Å². The maximum atomic E-state index is 12.3. The van der Waals surface area contributed by atoms with Gasteiger partial charge < -0.3 is 0 Å². The second kappa shape index (κ2) is 7.11. The number of amides is 1. The van der Waals surface area contributed by atoms with Crippen LogP contribution in [0.5, 0.6) is 0 Å². The third-order valence-corrected chi connectivity index (χ3v) is 4.27. The number of nitrogens with one attached hydrogen (secondary N) is 1. The van der Waals surface area contributed by atoms with Crippen LogP contribution in [0.25, 0.3) is 10.8 Å². The lowest BCUT2D eigenvalue weighted by Crippen LogP contribution is -2.17. The second-order valence-corrected chi connectivity index (χ2v) is 5.88. The smallest absolute Gasteiger partial charge is 0.267 e. The van der Waals surface area contributed by atoms with Gasteiger partial charge in [0.05, 0.1) is 6.21 Å². The Labute approximate surface area is 139 Å². The van der Waals surface area contributed by atoms with Gasteiger partial charge in [0.15, 0.2) is 0 Å². The third-order valence-electron chi connectivity index (χ3n) is 3.53. The molecule has 0 fully saturated rings. The van der Waals surface area contributed by atoms with E-state index in [-0.39, 0.29) is 5.91 Å². The first-order chi connectivity index (χ1) is 11.3. The summed E-state index contributed by atoms with van der Waals surface area (Å²) >= 11 is 1.69. The number of benzene rings is 3. The van der Waals surface area contributed by atoms with Crippen molar-refractivity contribution in [3.63, 3.8) is 0 Å². The van der Waals surface area contributed by atoms with Crippen LogP contribution in [0.15, 0.2) is 76.7 Å². The molecule has 0 atom stereocenters. The van der Waals surface area contributed by atoms with E-state index in [2.05, 4.69) is 10.5 Å². The van der Waals surface area contributed by atoms with E-state index in [9.17, 15) is 4.79 Å². The Bertz CT molecular complexity index is 851. The molecule has 0 saturated heterocycles. The van der Waals surface area contributed by atoms with Gasteiger partial charge in [-0.2, -0.15) is 5.10 Å². The maximum Gasteiger partial charge on any atom is 0.271 e. The molecule has 0 aliphatic carbocycles. The van der Waals surface area contributed by atoms with E-state index in [1.807, 2.05) is 66.9 Å². The van der Waals surface area contributed by atoms with Crippen LogP contribution in [-0.4, -0.2) is 18.4 Å². The van der Waals surface area contributed by atoms with E-state index in [4.69, 9.17) is 0 Å². The summed E-state index contributed by atoms with van der Waals surface area (Å²) in [5, 5.41) is 6.01. The lowest BCUT2D eigenvalue weighted by atomic mass is 10.0. The van der Waals surface area contributed by atoms with Crippen LogP contribution >= 0.6 is 11.8 Å². The zero-order valence-electron chi connectivity index (χ0n) is 12.7. The quantitative estimate of drug-likeness (QED) is 0.442. The Morgan fingerprint density at radius 3 is 2.52 bits per heavy atom. The highest BCUT2D eigenvalue weighted by Gasteiger charge is 2.08. The highest BCUT2D eigenvalue weighted by molar-refractivity contribution is 7.98. The van der Waals surface area contributed by atoms with Crippen LogP contribution in [-0.2, 0) is 0 Å². The Morgan fingerprint density at radius 1 is 1.00 bits per heavy atom. The summed E-state index contributed by atoms with van der Waals surface area (Å²) in [7, 11) is 0. The van der Waals surface area contributed by atoms with Crippen LogP contribution in [0.2, 0.25) is 0 Å². The van der Waals surface area contributed by atoms with E-state index in [0.29, 0.717) is 5.56 Å². The van der Waals surface area contributed by atoms with E-state index in [0.717, 1.165) is 16.3 Å². The minimum atomic E-state index is -0.209. The standard InChI is InChI=1S/C19H16N2OS/c1-23-16-11-9-14(10-12-16)13-20-21-19(22)18-8-4-6-15-5-2-3-7-17(15)18/h2-13H,1H3,(H,21,22)/b20-13-. The molecule has 23 heavy (non-hydrogen) atoms. The van der Waals surface area contributed by atoms with E-state index < -0.39 is 0 Å². The first-order valence-corrected chi connectivity index (χ1v) is 8.45. The minimum Gasteiger partial charge on any atom is -0.267 e. The van der Waals surface area contributed by atoms with Crippen LogP contribution in [0, 0.1) is 0 Å². The molecule has 3 aromatic rings. The van der Waals surface area contributed by atoms with Gasteiger partial charge in [-0.1, -0.05) is 48.5 Å². The molecule has 0 aliphatic heterocycles. The van der Waals surface area contributed by atoms with Crippen molar-refractivity contribution in [2.24, 2.45) is 5.10 Å². The lowest BCUT2D eigenvalue weighted by molar-refractivity contribution is 0.0957. The van der Waals surface area contributed by atoms with Crippen LogP contribution in [0.4, 0.5) is 0 Å². The molecule has 0 aromatic heterocycles. The molecule has 0 aliphatic rings. The van der Waals surface area contributed by atoms with Crippen molar-refractivity contribution in [1.82, 2.24) is 5.43 Å². The Morgan fingerprint density at radius 2 is 1.74 bits per heavy atom. The Balaban J connectivity index is 1.74. The number of thioether (sulfide) groups is 1. The van der Waals surface area contributed by atoms with Crippen LogP contribution < -0.4 is 5.43 Å². The van der Waals surface area contributed by atoms with E-state index >= 15 is 0 Å². The first-order valence-electron chi connectivity index (χ1n) is 7.23.